The number of halogens is 1. The first-order valence-electron chi connectivity index (χ1n) is 8.90. The highest BCUT2D eigenvalue weighted by molar-refractivity contribution is 5.97. The zero-order valence-corrected chi connectivity index (χ0v) is 15.8. The summed E-state index contributed by atoms with van der Waals surface area (Å²) in [6.45, 7) is 6.33. The van der Waals surface area contributed by atoms with Crippen LogP contribution in [0.4, 0.5) is 4.39 Å². The van der Waals surface area contributed by atoms with Crippen LogP contribution in [0.2, 0.25) is 0 Å². The van der Waals surface area contributed by atoms with Gasteiger partial charge in [-0.25, -0.2) is 4.39 Å². The highest BCUT2D eigenvalue weighted by atomic mass is 19.1. The van der Waals surface area contributed by atoms with Gasteiger partial charge in [-0.2, -0.15) is 0 Å². The molecule has 2 aromatic carbocycles. The molecule has 1 atom stereocenters. The third-order valence-corrected chi connectivity index (χ3v) is 4.03. The van der Waals surface area contributed by atoms with Gasteiger partial charge in [0, 0.05) is 5.56 Å². The Bertz CT molecular complexity index is 758. The Hall–Kier alpha value is -2.89. The van der Waals surface area contributed by atoms with Gasteiger partial charge in [0.1, 0.15) is 24.2 Å². The highest BCUT2D eigenvalue weighted by Crippen LogP contribution is 2.11. The van der Waals surface area contributed by atoms with Crippen molar-refractivity contribution in [3.05, 3.63) is 65.5 Å². The Morgan fingerprint density at radius 2 is 1.67 bits per heavy atom. The van der Waals surface area contributed by atoms with E-state index in [1.165, 1.54) is 24.3 Å². The molecule has 6 heteroatoms. The second-order valence-corrected chi connectivity index (χ2v) is 6.65. The van der Waals surface area contributed by atoms with Crippen molar-refractivity contribution >= 4 is 11.8 Å². The van der Waals surface area contributed by atoms with Gasteiger partial charge in [-0.1, -0.05) is 31.5 Å². The van der Waals surface area contributed by atoms with E-state index < -0.39 is 17.8 Å². The summed E-state index contributed by atoms with van der Waals surface area (Å²) >= 11 is 0. The van der Waals surface area contributed by atoms with Gasteiger partial charge in [-0.05, 0) is 49.2 Å². The molecule has 27 heavy (non-hydrogen) atoms. The normalized spacial score (nSPS) is 11.7. The lowest BCUT2D eigenvalue weighted by molar-refractivity contribution is -0.124. The maximum Gasteiger partial charge on any atom is 0.251 e. The second kappa shape index (κ2) is 9.71. The van der Waals surface area contributed by atoms with Crippen LogP contribution in [0, 0.1) is 18.7 Å². The summed E-state index contributed by atoms with van der Waals surface area (Å²) in [5.74, 6) is -0.488. The fraction of sp³-hybridized carbons (Fsp3) is 0.333. The third kappa shape index (κ3) is 6.40. The van der Waals surface area contributed by atoms with Crippen LogP contribution in [-0.4, -0.2) is 31.0 Å². The molecule has 2 amide bonds. The molecule has 0 bridgehead atoms. The molecule has 0 radical (unpaired) electrons. The molecule has 144 valence electrons. The van der Waals surface area contributed by atoms with Gasteiger partial charge in [-0.15, -0.1) is 0 Å². The number of aryl methyl sites for hydroxylation is 1. The van der Waals surface area contributed by atoms with E-state index in [2.05, 4.69) is 10.6 Å². The first-order valence-corrected chi connectivity index (χ1v) is 8.90. The molecule has 0 aliphatic heterocycles. The van der Waals surface area contributed by atoms with Gasteiger partial charge in [-0.3, -0.25) is 9.59 Å². The van der Waals surface area contributed by atoms with E-state index in [-0.39, 0.29) is 11.8 Å². The van der Waals surface area contributed by atoms with Crippen molar-refractivity contribution in [2.45, 2.75) is 26.8 Å². The number of rotatable bonds is 8. The molecule has 0 aliphatic rings. The molecule has 2 aromatic rings. The number of hydrogen-bond acceptors (Lipinski definition) is 3. The molecule has 0 saturated heterocycles. The topological polar surface area (TPSA) is 67.4 Å². The van der Waals surface area contributed by atoms with E-state index in [4.69, 9.17) is 4.74 Å². The van der Waals surface area contributed by atoms with Crippen molar-refractivity contribution in [1.29, 1.82) is 0 Å². The van der Waals surface area contributed by atoms with Crippen LogP contribution in [0.5, 0.6) is 5.75 Å². The van der Waals surface area contributed by atoms with Crippen LogP contribution in [0.1, 0.15) is 29.8 Å². The van der Waals surface area contributed by atoms with E-state index in [9.17, 15) is 14.0 Å². The van der Waals surface area contributed by atoms with Crippen molar-refractivity contribution in [1.82, 2.24) is 10.6 Å². The zero-order valence-electron chi connectivity index (χ0n) is 15.8. The maximum atomic E-state index is 13.0. The predicted molar refractivity (Wildman–Crippen MR) is 102 cm³/mol. The first kappa shape index (κ1) is 20.4. The fourth-order valence-corrected chi connectivity index (χ4v) is 2.45. The van der Waals surface area contributed by atoms with Crippen LogP contribution in [0.3, 0.4) is 0 Å². The number of benzene rings is 2. The third-order valence-electron chi connectivity index (χ3n) is 4.03. The number of ether oxygens (including phenoxy) is 1. The average molecular weight is 372 g/mol. The number of amides is 2. The Balaban J connectivity index is 1.84. The first-order chi connectivity index (χ1) is 12.9. The molecular weight excluding hydrogens is 347 g/mol. The van der Waals surface area contributed by atoms with E-state index in [0.717, 1.165) is 11.3 Å². The molecule has 2 rings (SSSR count). The van der Waals surface area contributed by atoms with Crippen LogP contribution in [0.15, 0.2) is 48.5 Å². The molecule has 0 spiro atoms. The van der Waals surface area contributed by atoms with Crippen molar-refractivity contribution in [3.8, 4) is 5.75 Å². The standard InChI is InChI=1S/C21H25FN2O3/c1-14(2)19(24-20(25)16-6-8-17(22)9-7-16)21(26)23-12-13-27-18-10-4-15(3)5-11-18/h4-11,14,19H,12-13H2,1-3H3,(H,23,26)(H,24,25). The SMILES string of the molecule is Cc1ccc(OCCNC(=O)C(NC(=O)c2ccc(F)cc2)C(C)C)cc1. The summed E-state index contributed by atoms with van der Waals surface area (Å²) in [6, 6.07) is 12.1. The zero-order chi connectivity index (χ0) is 19.8. The molecule has 0 aliphatic carbocycles. The summed E-state index contributed by atoms with van der Waals surface area (Å²) in [5.41, 5.74) is 1.45. The van der Waals surface area contributed by atoms with E-state index >= 15 is 0 Å². The van der Waals surface area contributed by atoms with Gasteiger partial charge >= 0.3 is 0 Å². The average Bonchev–Trinajstić information content (AvgIpc) is 2.64. The molecule has 5 nitrogen and oxygen atoms in total. The van der Waals surface area contributed by atoms with Crippen molar-refractivity contribution in [2.24, 2.45) is 5.92 Å². The number of hydrogen-bond donors (Lipinski definition) is 2. The van der Waals surface area contributed by atoms with Gasteiger partial charge in [0.25, 0.3) is 5.91 Å². The van der Waals surface area contributed by atoms with Crippen molar-refractivity contribution in [3.63, 3.8) is 0 Å². The van der Waals surface area contributed by atoms with Crippen LogP contribution in [-0.2, 0) is 4.79 Å². The summed E-state index contributed by atoms with van der Waals surface area (Å²) in [5, 5.41) is 5.48. The minimum atomic E-state index is -0.693. The Labute approximate surface area is 158 Å². The Morgan fingerprint density at radius 3 is 2.26 bits per heavy atom. The van der Waals surface area contributed by atoms with Crippen molar-refractivity contribution < 1.29 is 18.7 Å². The largest absolute Gasteiger partial charge is 0.492 e. The molecule has 0 heterocycles. The number of nitrogens with one attached hydrogen (secondary N) is 2. The quantitative estimate of drug-likeness (QED) is 0.700. The molecule has 0 aromatic heterocycles. The van der Waals surface area contributed by atoms with E-state index in [0.29, 0.717) is 18.7 Å². The summed E-state index contributed by atoms with van der Waals surface area (Å²) in [6.07, 6.45) is 0. The van der Waals surface area contributed by atoms with Crippen LogP contribution >= 0.6 is 0 Å². The molecule has 0 fully saturated rings. The fourth-order valence-electron chi connectivity index (χ4n) is 2.45. The maximum absolute atomic E-state index is 13.0. The summed E-state index contributed by atoms with van der Waals surface area (Å²) in [4.78, 5) is 24.7. The number of carbonyl (C=O) groups excluding carboxylic acids is 2. The Kier molecular flexibility index (Phi) is 7.34. The second-order valence-electron chi connectivity index (χ2n) is 6.65. The van der Waals surface area contributed by atoms with Gasteiger partial charge < -0.3 is 15.4 Å². The molecular formula is C21H25FN2O3. The lowest BCUT2D eigenvalue weighted by atomic mass is 10.0. The predicted octanol–water partition coefficient (Wildman–Crippen LogP) is 3.08. The summed E-state index contributed by atoms with van der Waals surface area (Å²) in [7, 11) is 0. The van der Waals surface area contributed by atoms with Crippen molar-refractivity contribution in [2.75, 3.05) is 13.2 Å². The lowest BCUT2D eigenvalue weighted by Crippen LogP contribution is -2.50. The number of carbonyl (C=O) groups is 2. The van der Waals surface area contributed by atoms with Gasteiger partial charge in [0.15, 0.2) is 0 Å². The van der Waals surface area contributed by atoms with Gasteiger partial charge in [0.2, 0.25) is 5.91 Å². The molecule has 0 saturated carbocycles. The molecule has 2 N–H and O–H groups in total. The smallest absolute Gasteiger partial charge is 0.251 e. The van der Waals surface area contributed by atoms with Crippen LogP contribution in [0.25, 0.3) is 0 Å². The lowest BCUT2D eigenvalue weighted by Gasteiger charge is -2.22. The minimum absolute atomic E-state index is 0.104. The van der Waals surface area contributed by atoms with Crippen LogP contribution < -0.4 is 15.4 Å². The minimum Gasteiger partial charge on any atom is -0.492 e. The highest BCUT2D eigenvalue weighted by Gasteiger charge is 2.24. The monoisotopic (exact) mass is 372 g/mol. The Morgan fingerprint density at radius 1 is 1.04 bits per heavy atom. The van der Waals surface area contributed by atoms with E-state index in [1.54, 1.807) is 0 Å². The van der Waals surface area contributed by atoms with E-state index in [1.807, 2.05) is 45.0 Å². The van der Waals surface area contributed by atoms with Gasteiger partial charge in [0.05, 0.1) is 6.54 Å². The summed E-state index contributed by atoms with van der Waals surface area (Å²) < 4.78 is 18.6. The molecule has 1 unspecified atom stereocenters.